The highest BCUT2D eigenvalue weighted by atomic mass is 16.4. The van der Waals surface area contributed by atoms with Crippen molar-refractivity contribution in [1.82, 2.24) is 0 Å². The van der Waals surface area contributed by atoms with E-state index < -0.39 is 5.97 Å². The third-order valence-corrected chi connectivity index (χ3v) is 0.966. The van der Waals surface area contributed by atoms with Gasteiger partial charge in [0.2, 0.25) is 0 Å². The van der Waals surface area contributed by atoms with Gasteiger partial charge in [0.25, 0.3) is 12.6 Å². The van der Waals surface area contributed by atoms with Crippen molar-refractivity contribution in [2.75, 3.05) is 6.54 Å². The van der Waals surface area contributed by atoms with Crippen LogP contribution in [-0.2, 0) is 4.79 Å². The molecule has 0 aromatic rings. The molecule has 0 saturated carbocycles. The number of nitrogens with zero attached hydrogens (tertiary/aromatic N) is 1. The summed E-state index contributed by atoms with van der Waals surface area (Å²) in [6.45, 7) is 2.76. The van der Waals surface area contributed by atoms with Crippen molar-refractivity contribution in [2.45, 2.75) is 26.2 Å². The smallest absolute Gasteiger partial charge is 0.322 e. The Morgan fingerprint density at radius 2 is 2.40 bits per heavy atom. The molecule has 0 heterocycles. The summed E-state index contributed by atoms with van der Waals surface area (Å²) in [5.74, 6) is -0.875. The second-order valence-electron chi connectivity index (χ2n) is 1.96. The summed E-state index contributed by atoms with van der Waals surface area (Å²) < 4.78 is 0. The van der Waals surface area contributed by atoms with Gasteiger partial charge in [-0.2, -0.15) is 0 Å². The molecule has 0 amide bonds. The van der Waals surface area contributed by atoms with Gasteiger partial charge in [-0.05, 0) is 6.42 Å². The van der Waals surface area contributed by atoms with Crippen molar-refractivity contribution in [2.24, 2.45) is 0 Å². The molecule has 0 saturated heterocycles. The molecule has 0 aromatic carbocycles. The number of hydrogen-bond donors (Lipinski definition) is 1. The Morgan fingerprint density at radius 1 is 1.70 bits per heavy atom. The van der Waals surface area contributed by atoms with Gasteiger partial charge in [-0.3, -0.25) is 4.79 Å². The molecule has 0 bridgehead atoms. The van der Waals surface area contributed by atoms with E-state index in [1.807, 2.05) is 0 Å². The maximum atomic E-state index is 9.91. The van der Waals surface area contributed by atoms with Crippen molar-refractivity contribution in [3.63, 3.8) is 0 Å². The van der Waals surface area contributed by atoms with Crippen LogP contribution in [0.2, 0.25) is 0 Å². The van der Waals surface area contributed by atoms with E-state index in [0.717, 1.165) is 12.8 Å². The molecule has 0 rings (SSSR count). The molecule has 0 fully saturated rings. The van der Waals surface area contributed by atoms with Gasteiger partial charge in [-0.1, -0.05) is 11.8 Å². The van der Waals surface area contributed by atoms with Crippen LogP contribution in [0.5, 0.6) is 0 Å². The largest absolute Gasteiger partial charge is 0.480 e. The first-order chi connectivity index (χ1) is 4.77. The zero-order chi connectivity index (χ0) is 7.82. The number of carboxylic acids is 1. The number of carboxylic acid groups (broad SMARTS) is 1. The number of aliphatic carboxylic acids is 1. The van der Waals surface area contributed by atoms with Gasteiger partial charge in [-0.25, -0.2) is 0 Å². The number of carbonyl (C=O) groups is 1. The van der Waals surface area contributed by atoms with Crippen LogP contribution < -0.4 is 0 Å². The molecule has 0 radical (unpaired) electrons. The summed E-state index contributed by atoms with van der Waals surface area (Å²) in [4.78, 5) is 13.7. The fourth-order valence-electron chi connectivity index (χ4n) is 0.440. The van der Waals surface area contributed by atoms with E-state index in [4.69, 9.17) is 5.11 Å². The lowest BCUT2D eigenvalue weighted by Crippen LogP contribution is -1.89. The lowest BCUT2D eigenvalue weighted by Gasteiger charge is -1.73. The van der Waals surface area contributed by atoms with Crippen molar-refractivity contribution in [3.8, 4) is 6.07 Å². The van der Waals surface area contributed by atoms with Gasteiger partial charge < -0.3 is 5.11 Å². The van der Waals surface area contributed by atoms with Crippen LogP contribution in [0.15, 0.2) is 0 Å². The first-order valence-electron chi connectivity index (χ1n) is 3.38. The highest BCUT2D eigenvalue weighted by Gasteiger charge is 1.96. The molecule has 1 N–H and O–H groups in total. The predicted molar refractivity (Wildman–Crippen MR) is 39.3 cm³/mol. The van der Waals surface area contributed by atoms with Crippen LogP contribution >= 0.6 is 0 Å². The Hall–Kier alpha value is -1.04. The van der Waals surface area contributed by atoms with Crippen molar-refractivity contribution in [1.29, 1.82) is 0 Å². The normalized spacial score (nSPS) is 8.10. The molecule has 3 nitrogen and oxygen atoms in total. The molecule has 56 valence electrons. The van der Waals surface area contributed by atoms with Crippen molar-refractivity contribution in [3.05, 3.63) is 4.85 Å². The standard InChI is InChI=1S/C7H11NO2/c1-2-3-5-8-6-4-7(9)10/h2-5H2,1H3/p+1. The predicted octanol–water partition coefficient (Wildman–Crippen LogP) is 1.59. The maximum Gasteiger partial charge on any atom is 0.322 e. The van der Waals surface area contributed by atoms with Crippen LogP contribution in [0, 0.1) is 6.07 Å². The molecule has 0 atom stereocenters. The fourth-order valence-corrected chi connectivity index (χ4v) is 0.440. The zero-order valence-electron chi connectivity index (χ0n) is 6.13. The van der Waals surface area contributed by atoms with Crippen LogP contribution in [0.4, 0.5) is 0 Å². The van der Waals surface area contributed by atoms with Crippen LogP contribution in [-0.4, -0.2) is 17.6 Å². The van der Waals surface area contributed by atoms with E-state index in [1.165, 1.54) is 0 Å². The molecule has 3 heteroatoms. The van der Waals surface area contributed by atoms with Crippen molar-refractivity contribution < 1.29 is 9.90 Å². The summed E-state index contributed by atoms with van der Waals surface area (Å²) in [6.07, 6.45) is 2.01. The van der Waals surface area contributed by atoms with Gasteiger partial charge in [0.15, 0.2) is 6.42 Å². The molecule has 0 aromatic heterocycles. The third-order valence-electron chi connectivity index (χ3n) is 0.966. The average Bonchev–Trinajstić information content (AvgIpc) is 1.87. The van der Waals surface area contributed by atoms with Gasteiger partial charge in [0.05, 0.1) is 0 Å². The molecule has 10 heavy (non-hydrogen) atoms. The van der Waals surface area contributed by atoms with Crippen LogP contribution in [0.25, 0.3) is 4.85 Å². The second kappa shape index (κ2) is 6.09. The molecule has 0 spiro atoms. The van der Waals surface area contributed by atoms with Gasteiger partial charge in [0.1, 0.15) is 0 Å². The van der Waals surface area contributed by atoms with Gasteiger partial charge in [0, 0.05) is 6.42 Å². The summed E-state index contributed by atoms with van der Waals surface area (Å²) in [5.41, 5.74) is 0. The van der Waals surface area contributed by atoms with Crippen molar-refractivity contribution >= 4 is 5.97 Å². The lowest BCUT2D eigenvalue weighted by molar-refractivity contribution is -0.135. The first-order valence-corrected chi connectivity index (χ1v) is 3.38. The van der Waals surface area contributed by atoms with E-state index in [-0.39, 0.29) is 6.42 Å². The summed E-state index contributed by atoms with van der Waals surface area (Å²) in [7, 11) is 0. The molecule has 0 unspecified atom stereocenters. The van der Waals surface area contributed by atoms with Gasteiger partial charge in [-0.15, -0.1) is 0 Å². The monoisotopic (exact) mass is 142 g/mol. The average molecular weight is 142 g/mol. The minimum absolute atomic E-state index is 0.0796. The van der Waals surface area contributed by atoms with Gasteiger partial charge >= 0.3 is 5.97 Å². The summed E-state index contributed by atoms with van der Waals surface area (Å²) in [5, 5.41) is 8.15. The zero-order valence-corrected chi connectivity index (χ0v) is 6.13. The highest BCUT2D eigenvalue weighted by Crippen LogP contribution is 1.86. The third kappa shape index (κ3) is 6.96. The number of rotatable bonds is 3. The quantitative estimate of drug-likeness (QED) is 0.608. The Kier molecular flexibility index (Phi) is 5.45. The number of hydrogen-bond acceptors (Lipinski definition) is 1. The summed E-state index contributed by atoms with van der Waals surface area (Å²) in [6, 6.07) is 2.45. The van der Waals surface area contributed by atoms with E-state index in [0.29, 0.717) is 6.54 Å². The number of unbranched alkanes of at least 4 members (excludes halogenated alkanes) is 1. The van der Waals surface area contributed by atoms with E-state index in [1.54, 1.807) is 0 Å². The highest BCUT2D eigenvalue weighted by molar-refractivity contribution is 5.69. The molecule has 0 aliphatic heterocycles. The Balaban J connectivity index is 3.23. The van der Waals surface area contributed by atoms with E-state index in [9.17, 15) is 4.79 Å². The Morgan fingerprint density at radius 3 is 2.90 bits per heavy atom. The lowest BCUT2D eigenvalue weighted by atomic mass is 10.3. The first kappa shape index (κ1) is 8.96. The maximum absolute atomic E-state index is 9.91. The molecular formula is C7H12NO2+. The van der Waals surface area contributed by atoms with E-state index in [2.05, 4.69) is 17.8 Å². The minimum atomic E-state index is -0.875. The Bertz CT molecular complexity index is 155. The topological polar surface area (TPSA) is 41.7 Å². The second-order valence-corrected chi connectivity index (χ2v) is 1.96. The van der Waals surface area contributed by atoms with E-state index >= 15 is 0 Å². The molecule has 0 aliphatic rings. The minimum Gasteiger partial charge on any atom is -0.480 e. The molecule has 0 aliphatic carbocycles. The van der Waals surface area contributed by atoms with Crippen LogP contribution in [0.3, 0.4) is 0 Å². The summed E-state index contributed by atoms with van der Waals surface area (Å²) >= 11 is 0. The van der Waals surface area contributed by atoms with Crippen LogP contribution in [0.1, 0.15) is 26.2 Å². The molecular weight excluding hydrogens is 130 g/mol. The Labute approximate surface area is 60.5 Å². The SMILES string of the molecule is CCCC[N+]#CCC(=O)O. The fraction of sp³-hybridized carbons (Fsp3) is 0.714.